The van der Waals surface area contributed by atoms with Gasteiger partial charge >= 0.3 is 0 Å². The Hall–Kier alpha value is -2.02. The number of halogens is 1. The number of nitrogens with zero attached hydrogens (tertiary/aromatic N) is 3. The van der Waals surface area contributed by atoms with E-state index in [-0.39, 0.29) is 31.3 Å². The lowest BCUT2D eigenvalue weighted by Crippen LogP contribution is -3.00. The quantitative estimate of drug-likeness (QED) is 0.177. The highest BCUT2D eigenvalue weighted by molar-refractivity contribution is 5.58. The highest BCUT2D eigenvalue weighted by Gasteiger charge is 2.03. The number of nitrogens with two attached hydrogens (primary N) is 2. The lowest BCUT2D eigenvalue weighted by atomic mass is 10.1. The van der Waals surface area contributed by atoms with Gasteiger partial charge in [-0.1, -0.05) is 12.1 Å². The SMILES string of the molecule is C[N+](C)(C)CCO.C[N+](C)(C)CCO.NC(=O)[O-].NCCc1ccc([N+](=O)[O-])cc1.[Cl-]. The number of nitro groups is 1. The standard InChI is InChI=1S/C8H10N2O2.2C5H14NO.CH3NO2.ClH/c9-6-5-7-1-3-8(4-2-7)10(11)12;2*1-6(2,3)4-5-7;2-1(3)4;/h1-4H,5-6,9H2;2*7H,4-5H2,1-3H3;2H2,(H,3,4);1H/q;2*+1;;/p-2. The van der Waals surface area contributed by atoms with Crippen molar-refractivity contribution in [1.82, 2.24) is 0 Å². The van der Waals surface area contributed by atoms with Crippen LogP contribution in [0.5, 0.6) is 0 Å². The zero-order valence-corrected chi connectivity index (χ0v) is 20.2. The molecule has 1 aromatic rings. The fourth-order valence-electron chi connectivity index (χ4n) is 1.55. The van der Waals surface area contributed by atoms with Crippen molar-refractivity contribution in [3.63, 3.8) is 0 Å². The van der Waals surface area contributed by atoms with Crippen molar-refractivity contribution in [2.75, 3.05) is 75.1 Å². The lowest BCUT2D eigenvalue weighted by molar-refractivity contribution is -0.870. The second kappa shape index (κ2) is 19.9. The van der Waals surface area contributed by atoms with Gasteiger partial charge in [0.1, 0.15) is 19.2 Å². The predicted octanol–water partition coefficient (Wildman–Crippen LogP) is -4.24. The topological polar surface area (TPSA) is 176 Å². The van der Waals surface area contributed by atoms with E-state index in [0.29, 0.717) is 6.54 Å². The van der Waals surface area contributed by atoms with Crippen molar-refractivity contribution in [2.45, 2.75) is 6.42 Å². The van der Waals surface area contributed by atoms with Crippen LogP contribution in [-0.2, 0) is 6.42 Å². The van der Waals surface area contributed by atoms with Crippen LogP contribution in [0.4, 0.5) is 10.5 Å². The molecule has 12 heteroatoms. The lowest BCUT2D eigenvalue weighted by Gasteiger charge is -2.21. The second-order valence-electron chi connectivity index (χ2n) is 8.26. The van der Waals surface area contributed by atoms with Crippen LogP contribution in [0.25, 0.3) is 0 Å². The molecule has 0 aromatic heterocycles. The summed E-state index contributed by atoms with van der Waals surface area (Å²) in [6, 6.07) is 6.44. The van der Waals surface area contributed by atoms with E-state index in [2.05, 4.69) is 48.0 Å². The summed E-state index contributed by atoms with van der Waals surface area (Å²) in [5.74, 6) is 0. The Morgan fingerprint density at radius 3 is 1.45 bits per heavy atom. The fourth-order valence-corrected chi connectivity index (χ4v) is 1.55. The Labute approximate surface area is 191 Å². The van der Waals surface area contributed by atoms with Gasteiger partial charge in [0, 0.05) is 12.1 Å². The molecule has 0 heterocycles. The number of aliphatic hydroxyl groups is 2. The highest BCUT2D eigenvalue weighted by atomic mass is 35.5. The fraction of sp³-hybridized carbons (Fsp3) is 0.632. The first-order valence-corrected chi connectivity index (χ1v) is 9.32. The Morgan fingerprint density at radius 2 is 1.29 bits per heavy atom. The first-order chi connectivity index (χ1) is 13.6. The Kier molecular flexibility index (Phi) is 23.4. The summed E-state index contributed by atoms with van der Waals surface area (Å²) in [4.78, 5) is 18.5. The summed E-state index contributed by atoms with van der Waals surface area (Å²) in [7, 11) is 12.3. The molecular formula is C19H40ClN5O6. The van der Waals surface area contributed by atoms with Gasteiger partial charge in [-0.2, -0.15) is 0 Å². The van der Waals surface area contributed by atoms with E-state index in [1.165, 1.54) is 12.1 Å². The number of carbonyl (C=O) groups is 1. The molecule has 0 aliphatic rings. The number of hydrogen-bond donors (Lipinski definition) is 4. The molecular weight excluding hydrogens is 430 g/mol. The third-order valence-corrected chi connectivity index (χ3v) is 3.12. The van der Waals surface area contributed by atoms with Crippen molar-refractivity contribution in [2.24, 2.45) is 11.5 Å². The number of likely N-dealkylation sites (N-methyl/N-ethyl adjacent to an activating group) is 2. The molecule has 1 aromatic carbocycles. The average molecular weight is 470 g/mol. The number of rotatable bonds is 7. The van der Waals surface area contributed by atoms with Gasteiger partial charge in [-0.25, -0.2) is 0 Å². The summed E-state index contributed by atoms with van der Waals surface area (Å²) >= 11 is 0. The van der Waals surface area contributed by atoms with Crippen LogP contribution in [0.3, 0.4) is 0 Å². The van der Waals surface area contributed by atoms with E-state index in [4.69, 9.17) is 25.8 Å². The molecule has 0 aliphatic carbocycles. The minimum atomic E-state index is -1.58. The number of non-ortho nitro benzene ring substituents is 1. The third kappa shape index (κ3) is 35.8. The van der Waals surface area contributed by atoms with Gasteiger partial charge in [0.05, 0.1) is 60.4 Å². The second-order valence-corrected chi connectivity index (χ2v) is 8.26. The number of aliphatic hydroxyl groups excluding tert-OH is 2. The third-order valence-electron chi connectivity index (χ3n) is 3.12. The van der Waals surface area contributed by atoms with Crippen LogP contribution in [0, 0.1) is 10.1 Å². The zero-order chi connectivity index (χ0) is 24.4. The molecule has 6 N–H and O–H groups in total. The van der Waals surface area contributed by atoms with Crippen molar-refractivity contribution >= 4 is 11.8 Å². The Balaban J connectivity index is -0.000000168. The molecule has 0 bridgehead atoms. The predicted molar refractivity (Wildman–Crippen MR) is 115 cm³/mol. The zero-order valence-electron chi connectivity index (χ0n) is 19.5. The van der Waals surface area contributed by atoms with E-state index in [9.17, 15) is 10.1 Å². The molecule has 0 spiro atoms. The summed E-state index contributed by atoms with van der Waals surface area (Å²) in [5.41, 5.74) is 10.4. The first kappa shape index (κ1) is 36.4. The van der Waals surface area contributed by atoms with Gasteiger partial charge in [-0.05, 0) is 18.5 Å². The van der Waals surface area contributed by atoms with Crippen molar-refractivity contribution in [3.05, 3.63) is 39.9 Å². The molecule has 1 amide bonds. The monoisotopic (exact) mass is 469 g/mol. The number of carbonyl (C=O) groups excluding carboxylic acids is 1. The van der Waals surface area contributed by atoms with Gasteiger partial charge in [0.2, 0.25) is 0 Å². The summed E-state index contributed by atoms with van der Waals surface area (Å²) in [6.45, 7) is 2.80. The van der Waals surface area contributed by atoms with E-state index in [1.807, 2.05) is 0 Å². The Bertz CT molecular complexity index is 555. The molecule has 0 unspecified atom stereocenters. The molecule has 0 atom stereocenters. The van der Waals surface area contributed by atoms with E-state index >= 15 is 0 Å². The minimum absolute atomic E-state index is 0. The number of quaternary nitrogens is 2. The number of amides is 1. The molecule has 184 valence electrons. The van der Waals surface area contributed by atoms with E-state index in [1.54, 1.807) is 12.1 Å². The van der Waals surface area contributed by atoms with Gasteiger partial charge in [0.25, 0.3) is 5.69 Å². The van der Waals surface area contributed by atoms with Crippen LogP contribution in [0.15, 0.2) is 24.3 Å². The van der Waals surface area contributed by atoms with Gasteiger partial charge < -0.3 is 53.0 Å². The molecule has 1 rings (SSSR count). The van der Waals surface area contributed by atoms with Crippen LogP contribution in [-0.4, -0.2) is 105 Å². The molecule has 11 nitrogen and oxygen atoms in total. The number of hydrogen-bond acceptors (Lipinski definition) is 7. The van der Waals surface area contributed by atoms with Gasteiger partial charge in [0.15, 0.2) is 0 Å². The molecule has 31 heavy (non-hydrogen) atoms. The number of nitro benzene ring substituents is 1. The molecule has 0 fully saturated rings. The maximum absolute atomic E-state index is 10.3. The molecule has 0 saturated heterocycles. The van der Waals surface area contributed by atoms with Gasteiger partial charge in [-0.15, -0.1) is 0 Å². The maximum atomic E-state index is 10.3. The van der Waals surface area contributed by atoms with Crippen molar-refractivity contribution in [1.29, 1.82) is 0 Å². The minimum Gasteiger partial charge on any atom is -1.00 e. The van der Waals surface area contributed by atoms with Crippen molar-refractivity contribution < 1.29 is 46.4 Å². The number of primary amides is 1. The summed E-state index contributed by atoms with van der Waals surface area (Å²) in [6.07, 6.45) is -0.821. The van der Waals surface area contributed by atoms with Crippen LogP contribution in [0.1, 0.15) is 5.56 Å². The van der Waals surface area contributed by atoms with Gasteiger partial charge in [-0.3, -0.25) is 10.1 Å². The molecule has 0 saturated carbocycles. The maximum Gasteiger partial charge on any atom is 0.269 e. The normalized spacial score (nSPS) is 9.97. The number of carboxylic acid groups (broad SMARTS) is 1. The van der Waals surface area contributed by atoms with Crippen LogP contribution >= 0.6 is 0 Å². The molecule has 0 radical (unpaired) electrons. The highest BCUT2D eigenvalue weighted by Crippen LogP contribution is 2.11. The smallest absolute Gasteiger partial charge is 0.269 e. The Morgan fingerprint density at radius 1 is 0.968 bits per heavy atom. The van der Waals surface area contributed by atoms with Crippen LogP contribution < -0.4 is 29.0 Å². The van der Waals surface area contributed by atoms with E-state index < -0.39 is 11.0 Å². The average Bonchev–Trinajstić information content (AvgIpc) is 2.54. The largest absolute Gasteiger partial charge is 1.00 e. The summed E-state index contributed by atoms with van der Waals surface area (Å²) < 4.78 is 1.69. The first-order valence-electron chi connectivity index (χ1n) is 9.32. The van der Waals surface area contributed by atoms with Crippen molar-refractivity contribution in [3.8, 4) is 0 Å². The molecule has 0 aliphatic heterocycles. The van der Waals surface area contributed by atoms with E-state index in [0.717, 1.165) is 34.0 Å². The summed E-state index contributed by atoms with van der Waals surface area (Å²) in [5, 5.41) is 35.7. The number of benzene rings is 1. The van der Waals surface area contributed by atoms with Crippen LogP contribution in [0.2, 0.25) is 0 Å².